The predicted octanol–water partition coefficient (Wildman–Crippen LogP) is 2.38. The number of nitrogens with one attached hydrogen (secondary N) is 1. The molecule has 0 aliphatic rings. The molecule has 0 saturated heterocycles. The van der Waals surface area contributed by atoms with Crippen LogP contribution in [0.5, 0.6) is 0 Å². The van der Waals surface area contributed by atoms with Crippen LogP contribution in [-0.4, -0.2) is 20.4 Å². The van der Waals surface area contributed by atoms with E-state index in [-0.39, 0.29) is 5.91 Å². The summed E-state index contributed by atoms with van der Waals surface area (Å²) in [6, 6.07) is 3.88. The van der Waals surface area contributed by atoms with Crippen molar-refractivity contribution >= 4 is 5.91 Å². The Morgan fingerprint density at radius 3 is 2.90 bits per heavy atom. The Balaban J connectivity index is 2.00. The lowest BCUT2D eigenvalue weighted by Gasteiger charge is -2.08. The number of hydrogen-bond donors (Lipinski definition) is 1. The fourth-order valence-electron chi connectivity index (χ4n) is 1.95. The lowest BCUT2D eigenvalue weighted by molar-refractivity contribution is -0.121. The van der Waals surface area contributed by atoms with Gasteiger partial charge in [0.1, 0.15) is 11.6 Å². The zero-order chi connectivity index (χ0) is 14.4. The molecule has 0 aromatic carbocycles. The average molecular weight is 272 g/mol. The van der Waals surface area contributed by atoms with Crippen molar-refractivity contribution in [2.45, 2.75) is 39.7 Å². The quantitative estimate of drug-likeness (QED) is 0.878. The molecule has 1 amide bonds. The second kappa shape index (κ2) is 6.84. The van der Waals surface area contributed by atoms with E-state index in [1.54, 1.807) is 12.4 Å². The fraction of sp³-hybridized carbons (Fsp3) is 0.400. The number of unbranched alkanes of at least 4 members (excludes halogenated alkanes) is 1. The Morgan fingerprint density at radius 2 is 2.20 bits per heavy atom. The van der Waals surface area contributed by atoms with Crippen molar-refractivity contribution in [1.82, 2.24) is 19.9 Å². The molecule has 0 unspecified atom stereocenters. The van der Waals surface area contributed by atoms with Gasteiger partial charge < -0.3 is 5.32 Å². The maximum Gasteiger partial charge on any atom is 0.220 e. The first kappa shape index (κ1) is 14.2. The highest BCUT2D eigenvalue weighted by atomic mass is 16.1. The smallest absolute Gasteiger partial charge is 0.220 e. The van der Waals surface area contributed by atoms with Crippen LogP contribution in [0.3, 0.4) is 0 Å². The molecule has 0 saturated carbocycles. The molecule has 0 spiro atoms. The Labute approximate surface area is 119 Å². The first-order chi connectivity index (χ1) is 9.70. The summed E-state index contributed by atoms with van der Waals surface area (Å²) in [5, 5.41) is 2.93. The molecule has 5 nitrogen and oxygen atoms in total. The van der Waals surface area contributed by atoms with Crippen LogP contribution in [0.25, 0.3) is 5.82 Å². The molecule has 0 aliphatic heterocycles. The number of imidazole rings is 1. The van der Waals surface area contributed by atoms with E-state index in [0.29, 0.717) is 13.0 Å². The summed E-state index contributed by atoms with van der Waals surface area (Å²) < 4.78 is 1.92. The minimum atomic E-state index is 0.101. The average Bonchev–Trinajstić information content (AvgIpc) is 2.89. The van der Waals surface area contributed by atoms with Crippen LogP contribution >= 0.6 is 0 Å². The third kappa shape index (κ3) is 3.66. The monoisotopic (exact) mass is 272 g/mol. The Hall–Kier alpha value is -2.17. The molecule has 106 valence electrons. The van der Waals surface area contributed by atoms with E-state index in [2.05, 4.69) is 22.2 Å². The maximum absolute atomic E-state index is 11.6. The molecular formula is C15H20N4O. The standard InChI is InChI=1S/C15H20N4O/c1-3-4-5-15(20)18-11-13-6-7-17-14(10-13)19-9-8-16-12(19)2/h6-10H,3-5,11H2,1-2H3,(H,18,20). The molecule has 0 atom stereocenters. The third-order valence-corrected chi connectivity index (χ3v) is 3.13. The molecule has 1 N–H and O–H groups in total. The van der Waals surface area contributed by atoms with E-state index in [0.717, 1.165) is 30.0 Å². The topological polar surface area (TPSA) is 59.8 Å². The van der Waals surface area contributed by atoms with Gasteiger partial charge in [0.2, 0.25) is 5.91 Å². The van der Waals surface area contributed by atoms with Gasteiger partial charge in [0.05, 0.1) is 0 Å². The van der Waals surface area contributed by atoms with Gasteiger partial charge in [-0.05, 0) is 31.0 Å². The van der Waals surface area contributed by atoms with Crippen molar-refractivity contribution in [1.29, 1.82) is 0 Å². The van der Waals surface area contributed by atoms with Crippen LogP contribution in [0.1, 0.15) is 37.6 Å². The van der Waals surface area contributed by atoms with Crippen LogP contribution in [0, 0.1) is 6.92 Å². The Morgan fingerprint density at radius 1 is 1.35 bits per heavy atom. The van der Waals surface area contributed by atoms with Gasteiger partial charge in [0, 0.05) is 31.6 Å². The van der Waals surface area contributed by atoms with Gasteiger partial charge in [0.25, 0.3) is 0 Å². The zero-order valence-corrected chi connectivity index (χ0v) is 12.0. The highest BCUT2D eigenvalue weighted by Crippen LogP contribution is 2.09. The highest BCUT2D eigenvalue weighted by molar-refractivity contribution is 5.75. The molecule has 0 fully saturated rings. The van der Waals surface area contributed by atoms with Crippen molar-refractivity contribution in [3.8, 4) is 5.82 Å². The summed E-state index contributed by atoms with van der Waals surface area (Å²) in [6.45, 7) is 4.54. The normalized spacial score (nSPS) is 10.5. The van der Waals surface area contributed by atoms with Gasteiger partial charge in [-0.2, -0.15) is 0 Å². The minimum absolute atomic E-state index is 0.101. The highest BCUT2D eigenvalue weighted by Gasteiger charge is 2.04. The summed E-state index contributed by atoms with van der Waals surface area (Å²) in [7, 11) is 0. The number of aryl methyl sites for hydroxylation is 1. The predicted molar refractivity (Wildman–Crippen MR) is 77.5 cm³/mol. The van der Waals surface area contributed by atoms with Crippen LogP contribution in [0.4, 0.5) is 0 Å². The number of pyridine rings is 1. The van der Waals surface area contributed by atoms with E-state index in [4.69, 9.17) is 0 Å². The Bertz CT molecular complexity index is 577. The van der Waals surface area contributed by atoms with Crippen molar-refractivity contribution in [2.75, 3.05) is 0 Å². The zero-order valence-electron chi connectivity index (χ0n) is 12.0. The van der Waals surface area contributed by atoms with Gasteiger partial charge in [-0.1, -0.05) is 13.3 Å². The number of rotatable bonds is 6. The van der Waals surface area contributed by atoms with E-state index in [1.165, 1.54) is 0 Å². The van der Waals surface area contributed by atoms with Crippen molar-refractivity contribution in [3.05, 3.63) is 42.1 Å². The van der Waals surface area contributed by atoms with Gasteiger partial charge in [-0.15, -0.1) is 0 Å². The molecule has 5 heteroatoms. The van der Waals surface area contributed by atoms with E-state index in [1.807, 2.05) is 29.8 Å². The second-order valence-electron chi connectivity index (χ2n) is 4.75. The summed E-state index contributed by atoms with van der Waals surface area (Å²) in [5.41, 5.74) is 1.04. The van der Waals surface area contributed by atoms with Gasteiger partial charge in [-0.3, -0.25) is 9.36 Å². The first-order valence-corrected chi connectivity index (χ1v) is 6.92. The lowest BCUT2D eigenvalue weighted by Crippen LogP contribution is -2.22. The lowest BCUT2D eigenvalue weighted by atomic mass is 10.2. The number of nitrogens with zero attached hydrogens (tertiary/aromatic N) is 3. The fourth-order valence-corrected chi connectivity index (χ4v) is 1.95. The SMILES string of the molecule is CCCCC(=O)NCc1ccnc(-n2ccnc2C)c1. The van der Waals surface area contributed by atoms with Crippen molar-refractivity contribution in [2.24, 2.45) is 0 Å². The van der Waals surface area contributed by atoms with Crippen molar-refractivity contribution in [3.63, 3.8) is 0 Å². The molecular weight excluding hydrogens is 252 g/mol. The molecule has 2 aromatic rings. The van der Waals surface area contributed by atoms with E-state index >= 15 is 0 Å². The van der Waals surface area contributed by atoms with E-state index in [9.17, 15) is 4.79 Å². The molecule has 2 aromatic heterocycles. The molecule has 2 rings (SSSR count). The molecule has 20 heavy (non-hydrogen) atoms. The largest absolute Gasteiger partial charge is 0.352 e. The first-order valence-electron chi connectivity index (χ1n) is 6.92. The summed E-state index contributed by atoms with van der Waals surface area (Å²) in [4.78, 5) is 20.1. The van der Waals surface area contributed by atoms with Crippen LogP contribution in [-0.2, 0) is 11.3 Å². The molecule has 0 radical (unpaired) electrons. The summed E-state index contributed by atoms with van der Waals surface area (Å²) in [6.07, 6.45) is 7.93. The summed E-state index contributed by atoms with van der Waals surface area (Å²) >= 11 is 0. The van der Waals surface area contributed by atoms with Gasteiger partial charge in [-0.25, -0.2) is 9.97 Å². The Kier molecular flexibility index (Phi) is 4.87. The van der Waals surface area contributed by atoms with Crippen LogP contribution < -0.4 is 5.32 Å². The molecule has 0 bridgehead atoms. The molecule has 2 heterocycles. The van der Waals surface area contributed by atoms with Crippen LogP contribution in [0.2, 0.25) is 0 Å². The van der Waals surface area contributed by atoms with E-state index < -0.39 is 0 Å². The van der Waals surface area contributed by atoms with Gasteiger partial charge in [0.15, 0.2) is 0 Å². The van der Waals surface area contributed by atoms with Crippen LogP contribution in [0.15, 0.2) is 30.7 Å². The minimum Gasteiger partial charge on any atom is -0.352 e. The number of aromatic nitrogens is 3. The molecule has 0 aliphatic carbocycles. The number of carbonyl (C=O) groups is 1. The third-order valence-electron chi connectivity index (χ3n) is 3.13. The number of amides is 1. The maximum atomic E-state index is 11.6. The second-order valence-corrected chi connectivity index (χ2v) is 4.75. The summed E-state index contributed by atoms with van der Waals surface area (Å²) in [5.74, 6) is 1.81. The number of hydrogen-bond acceptors (Lipinski definition) is 3. The number of carbonyl (C=O) groups excluding carboxylic acids is 1. The van der Waals surface area contributed by atoms with Gasteiger partial charge >= 0.3 is 0 Å². The van der Waals surface area contributed by atoms with Crippen molar-refractivity contribution < 1.29 is 4.79 Å².